The lowest BCUT2D eigenvalue weighted by Gasteiger charge is -2.12. The van der Waals surface area contributed by atoms with Crippen LogP contribution in [0.1, 0.15) is 17.3 Å². The number of ether oxygens (including phenoxy) is 1. The minimum absolute atomic E-state index is 0.126. The molecule has 110 valence electrons. The Morgan fingerprint density at radius 2 is 2.00 bits per heavy atom. The maximum absolute atomic E-state index is 12.0. The number of carbonyl (C=O) groups excluding carboxylic acids is 1. The van der Waals surface area contributed by atoms with Gasteiger partial charge < -0.3 is 9.84 Å². The van der Waals surface area contributed by atoms with Gasteiger partial charge in [0.2, 0.25) is 10.0 Å². The van der Waals surface area contributed by atoms with Gasteiger partial charge in [-0.15, -0.1) is 0 Å². The number of halogens is 1. The quantitative estimate of drug-likeness (QED) is 0.547. The number of methoxy groups -OCH3 is 1. The standard InChI is InChI=1S/C11H12INO6S/c1-6(11(16)19-2)13-20(17,18)7-3-4-9(12)8(5-7)10(14)15/h3-6,13H,1-2H3,(H,14,15)/t6-/m0/s1. The van der Waals surface area contributed by atoms with Gasteiger partial charge in [0.25, 0.3) is 0 Å². The van der Waals surface area contributed by atoms with Gasteiger partial charge in [-0.05, 0) is 47.7 Å². The van der Waals surface area contributed by atoms with Crippen molar-refractivity contribution < 1.29 is 27.9 Å². The summed E-state index contributed by atoms with van der Waals surface area (Å²) in [7, 11) is -2.87. The lowest BCUT2D eigenvalue weighted by molar-refractivity contribution is -0.142. The first-order valence-electron chi connectivity index (χ1n) is 5.32. The molecule has 20 heavy (non-hydrogen) atoms. The molecule has 0 aromatic heterocycles. The van der Waals surface area contributed by atoms with Crippen LogP contribution in [0.15, 0.2) is 23.1 Å². The smallest absolute Gasteiger partial charge is 0.336 e. The van der Waals surface area contributed by atoms with Crippen molar-refractivity contribution in [1.29, 1.82) is 0 Å². The Morgan fingerprint density at radius 3 is 2.50 bits per heavy atom. The van der Waals surface area contributed by atoms with E-state index in [9.17, 15) is 18.0 Å². The van der Waals surface area contributed by atoms with Crippen molar-refractivity contribution >= 4 is 44.6 Å². The van der Waals surface area contributed by atoms with Gasteiger partial charge in [0, 0.05) is 3.57 Å². The zero-order chi connectivity index (χ0) is 15.5. The molecular formula is C11H12INO6S. The molecule has 9 heteroatoms. The fourth-order valence-corrected chi connectivity index (χ4v) is 3.15. The maximum Gasteiger partial charge on any atom is 0.336 e. The summed E-state index contributed by atoms with van der Waals surface area (Å²) in [4.78, 5) is 22.0. The average Bonchev–Trinajstić information content (AvgIpc) is 2.36. The number of sulfonamides is 1. The lowest BCUT2D eigenvalue weighted by Crippen LogP contribution is -2.39. The number of hydrogen-bond acceptors (Lipinski definition) is 5. The van der Waals surface area contributed by atoms with E-state index in [1.807, 2.05) is 0 Å². The number of benzene rings is 1. The second-order valence-electron chi connectivity index (χ2n) is 3.81. The summed E-state index contributed by atoms with van der Waals surface area (Å²) in [6.07, 6.45) is 0. The van der Waals surface area contributed by atoms with Crippen molar-refractivity contribution in [3.8, 4) is 0 Å². The van der Waals surface area contributed by atoms with Crippen LogP contribution >= 0.6 is 22.6 Å². The molecule has 0 aliphatic heterocycles. The maximum atomic E-state index is 12.0. The Bertz CT molecular complexity index is 642. The van der Waals surface area contributed by atoms with Gasteiger partial charge in [-0.25, -0.2) is 13.2 Å². The van der Waals surface area contributed by atoms with Crippen molar-refractivity contribution in [3.05, 3.63) is 27.3 Å². The first kappa shape index (κ1) is 16.9. The molecule has 0 aliphatic rings. The predicted octanol–water partition coefficient (Wildman–Crippen LogP) is 0.829. The number of nitrogens with one attached hydrogen (secondary N) is 1. The van der Waals surface area contributed by atoms with Gasteiger partial charge in [-0.1, -0.05) is 0 Å². The molecule has 0 bridgehead atoms. The van der Waals surface area contributed by atoms with Crippen LogP contribution in [0.2, 0.25) is 0 Å². The number of carboxylic acids is 1. The number of aromatic carboxylic acids is 1. The molecule has 1 atom stereocenters. The van der Waals surface area contributed by atoms with Crippen LogP contribution in [0.25, 0.3) is 0 Å². The van der Waals surface area contributed by atoms with E-state index >= 15 is 0 Å². The lowest BCUT2D eigenvalue weighted by atomic mass is 10.2. The molecular weight excluding hydrogens is 401 g/mol. The fourth-order valence-electron chi connectivity index (χ4n) is 1.36. The molecule has 0 unspecified atom stereocenters. The summed E-state index contributed by atoms with van der Waals surface area (Å²) in [5, 5.41) is 8.97. The van der Waals surface area contributed by atoms with Crippen LogP contribution in [-0.2, 0) is 19.6 Å². The summed E-state index contributed by atoms with van der Waals surface area (Å²) in [6, 6.07) is 2.61. The Labute approximate surface area is 129 Å². The molecule has 0 aliphatic carbocycles. The summed E-state index contributed by atoms with van der Waals surface area (Å²) in [5.74, 6) is -1.97. The third-order valence-corrected chi connectivity index (χ3v) is 4.84. The second-order valence-corrected chi connectivity index (χ2v) is 6.69. The first-order valence-corrected chi connectivity index (χ1v) is 7.88. The van der Waals surface area contributed by atoms with E-state index in [4.69, 9.17) is 5.11 Å². The highest BCUT2D eigenvalue weighted by Crippen LogP contribution is 2.18. The molecule has 0 radical (unpaired) electrons. The van der Waals surface area contributed by atoms with Gasteiger partial charge >= 0.3 is 11.9 Å². The molecule has 7 nitrogen and oxygen atoms in total. The van der Waals surface area contributed by atoms with E-state index in [2.05, 4.69) is 9.46 Å². The molecule has 1 rings (SSSR count). The van der Waals surface area contributed by atoms with E-state index in [-0.39, 0.29) is 10.5 Å². The van der Waals surface area contributed by atoms with E-state index in [1.165, 1.54) is 19.1 Å². The van der Waals surface area contributed by atoms with Crippen molar-refractivity contribution in [3.63, 3.8) is 0 Å². The molecule has 1 aromatic carbocycles. The SMILES string of the molecule is COC(=O)[C@H](C)NS(=O)(=O)c1ccc(I)c(C(=O)O)c1. The number of esters is 1. The highest BCUT2D eigenvalue weighted by molar-refractivity contribution is 14.1. The molecule has 0 spiro atoms. The van der Waals surface area contributed by atoms with Gasteiger partial charge in [0.1, 0.15) is 6.04 Å². The Kier molecular flexibility index (Phi) is 5.48. The van der Waals surface area contributed by atoms with Crippen molar-refractivity contribution in [2.24, 2.45) is 0 Å². The monoisotopic (exact) mass is 413 g/mol. The van der Waals surface area contributed by atoms with Gasteiger partial charge in [0.05, 0.1) is 17.6 Å². The Morgan fingerprint density at radius 1 is 1.40 bits per heavy atom. The summed E-state index contributed by atoms with van der Waals surface area (Å²) >= 11 is 1.79. The van der Waals surface area contributed by atoms with Gasteiger partial charge in [-0.3, -0.25) is 4.79 Å². The van der Waals surface area contributed by atoms with Crippen LogP contribution in [0, 0.1) is 3.57 Å². The van der Waals surface area contributed by atoms with Crippen LogP contribution < -0.4 is 4.72 Å². The van der Waals surface area contributed by atoms with Crippen LogP contribution in [-0.4, -0.2) is 38.6 Å². The van der Waals surface area contributed by atoms with Crippen molar-refractivity contribution in [2.75, 3.05) is 7.11 Å². The molecule has 0 heterocycles. The topological polar surface area (TPSA) is 110 Å². The third-order valence-electron chi connectivity index (χ3n) is 2.37. The summed E-state index contributed by atoms with van der Waals surface area (Å²) in [6.45, 7) is 1.33. The van der Waals surface area contributed by atoms with Gasteiger partial charge in [0.15, 0.2) is 0 Å². The third kappa shape index (κ3) is 3.90. The van der Waals surface area contributed by atoms with E-state index in [1.54, 1.807) is 22.6 Å². The molecule has 0 amide bonds. The molecule has 1 aromatic rings. The largest absolute Gasteiger partial charge is 0.478 e. The molecule has 0 fully saturated rings. The van der Waals surface area contributed by atoms with E-state index in [0.717, 1.165) is 13.2 Å². The van der Waals surface area contributed by atoms with E-state index < -0.39 is 28.0 Å². The number of carbonyl (C=O) groups is 2. The van der Waals surface area contributed by atoms with Crippen molar-refractivity contribution in [2.45, 2.75) is 17.9 Å². The van der Waals surface area contributed by atoms with Crippen LogP contribution in [0.5, 0.6) is 0 Å². The predicted molar refractivity (Wildman–Crippen MR) is 77.9 cm³/mol. The highest BCUT2D eigenvalue weighted by atomic mass is 127. The van der Waals surface area contributed by atoms with E-state index in [0.29, 0.717) is 3.57 Å². The molecule has 2 N–H and O–H groups in total. The zero-order valence-electron chi connectivity index (χ0n) is 10.6. The normalized spacial score (nSPS) is 12.8. The minimum atomic E-state index is -4.00. The number of carboxylic acid groups (broad SMARTS) is 1. The molecule has 0 saturated carbocycles. The number of rotatable bonds is 5. The Balaban J connectivity index is 3.13. The second kappa shape index (κ2) is 6.50. The number of hydrogen-bond donors (Lipinski definition) is 2. The van der Waals surface area contributed by atoms with Crippen LogP contribution in [0.3, 0.4) is 0 Å². The highest BCUT2D eigenvalue weighted by Gasteiger charge is 2.24. The minimum Gasteiger partial charge on any atom is -0.478 e. The Hall–Kier alpha value is -1.20. The van der Waals surface area contributed by atoms with Gasteiger partial charge in [-0.2, -0.15) is 4.72 Å². The summed E-state index contributed by atoms with van der Waals surface area (Å²) in [5.41, 5.74) is -0.126. The fraction of sp³-hybridized carbons (Fsp3) is 0.273. The summed E-state index contributed by atoms with van der Waals surface area (Å²) < 4.78 is 31.0. The van der Waals surface area contributed by atoms with Crippen LogP contribution in [0.4, 0.5) is 0 Å². The first-order chi connectivity index (χ1) is 9.19. The van der Waals surface area contributed by atoms with Crippen molar-refractivity contribution in [1.82, 2.24) is 4.72 Å². The zero-order valence-corrected chi connectivity index (χ0v) is 13.6. The average molecular weight is 413 g/mol. The molecule has 0 saturated heterocycles.